The summed E-state index contributed by atoms with van der Waals surface area (Å²) in [6, 6.07) is 17.6. The van der Waals surface area contributed by atoms with Crippen LogP contribution in [0.25, 0.3) is 11.4 Å². The van der Waals surface area contributed by atoms with E-state index in [1.807, 2.05) is 54.6 Å². The number of carbonyl (C=O) groups excluding carboxylic acids is 1. The second-order valence-corrected chi connectivity index (χ2v) is 6.65. The Morgan fingerprint density at radius 2 is 2.00 bits per heavy atom. The molecule has 2 heterocycles. The summed E-state index contributed by atoms with van der Waals surface area (Å²) in [5.41, 5.74) is 1.97. The average molecular weight is 337 g/mol. The third-order valence-electron chi connectivity index (χ3n) is 3.92. The number of rotatable bonds is 3. The monoisotopic (exact) mass is 337 g/mol. The minimum Gasteiger partial charge on any atom is -0.497 e. The zero-order valence-electron chi connectivity index (χ0n) is 13.0. The van der Waals surface area contributed by atoms with Gasteiger partial charge >= 0.3 is 0 Å². The molecule has 120 valence electrons. The predicted molar refractivity (Wildman–Crippen MR) is 92.3 cm³/mol. The predicted octanol–water partition coefficient (Wildman–Crippen LogP) is 3.83. The van der Waals surface area contributed by atoms with Gasteiger partial charge in [0.2, 0.25) is 0 Å². The van der Waals surface area contributed by atoms with E-state index in [2.05, 4.69) is 10.1 Å². The molecule has 4 rings (SSSR count). The molecule has 0 fully saturated rings. The molecule has 1 aromatic heterocycles. The summed E-state index contributed by atoms with van der Waals surface area (Å²) in [5.74, 6) is 1.25. The second-order valence-electron chi connectivity index (χ2n) is 5.48. The molecule has 0 amide bonds. The van der Waals surface area contributed by atoms with Gasteiger partial charge in [0.15, 0.2) is 11.0 Å². The van der Waals surface area contributed by atoms with Crippen LogP contribution in [0.1, 0.15) is 22.0 Å². The number of methoxy groups -OCH3 is 1. The molecular formula is C18H15N3O2S. The second kappa shape index (κ2) is 6.13. The van der Waals surface area contributed by atoms with E-state index in [4.69, 9.17) is 4.74 Å². The van der Waals surface area contributed by atoms with Crippen molar-refractivity contribution >= 4 is 17.7 Å². The van der Waals surface area contributed by atoms with Crippen molar-refractivity contribution in [3.63, 3.8) is 0 Å². The number of nitrogens with zero attached hydrogens (tertiary/aromatic N) is 3. The molecule has 1 unspecified atom stereocenters. The van der Waals surface area contributed by atoms with E-state index < -0.39 is 0 Å². The molecule has 1 atom stereocenters. The van der Waals surface area contributed by atoms with Crippen LogP contribution in [0.3, 0.4) is 0 Å². The molecule has 0 saturated heterocycles. The van der Waals surface area contributed by atoms with Crippen LogP contribution in [-0.2, 0) is 0 Å². The maximum atomic E-state index is 12.5. The zero-order chi connectivity index (χ0) is 16.5. The lowest BCUT2D eigenvalue weighted by molar-refractivity contribution is 0.0868. The van der Waals surface area contributed by atoms with Gasteiger partial charge in [-0.1, -0.05) is 54.2 Å². The van der Waals surface area contributed by atoms with Crippen LogP contribution in [-0.4, -0.2) is 27.8 Å². The van der Waals surface area contributed by atoms with Gasteiger partial charge in [-0.2, -0.15) is 4.68 Å². The first-order chi connectivity index (χ1) is 11.7. The number of thioether (sulfide) groups is 1. The third kappa shape index (κ3) is 2.69. The lowest BCUT2D eigenvalue weighted by atomic mass is 10.1. The maximum Gasteiger partial charge on any atom is 0.250 e. The van der Waals surface area contributed by atoms with Crippen molar-refractivity contribution in [1.82, 2.24) is 14.8 Å². The smallest absolute Gasteiger partial charge is 0.250 e. The highest BCUT2D eigenvalue weighted by Gasteiger charge is 2.30. The maximum absolute atomic E-state index is 12.5. The van der Waals surface area contributed by atoms with E-state index in [-0.39, 0.29) is 11.2 Å². The molecule has 0 bridgehead atoms. The van der Waals surface area contributed by atoms with Gasteiger partial charge in [0.25, 0.3) is 5.91 Å². The molecule has 0 spiro atoms. The topological polar surface area (TPSA) is 57.0 Å². The summed E-state index contributed by atoms with van der Waals surface area (Å²) < 4.78 is 6.66. The average Bonchev–Trinajstić information content (AvgIpc) is 3.07. The normalized spacial score (nSPS) is 16.7. The first-order valence-corrected chi connectivity index (χ1v) is 8.49. The molecule has 0 saturated carbocycles. The van der Waals surface area contributed by atoms with Gasteiger partial charge in [-0.25, -0.2) is 4.98 Å². The molecule has 0 N–H and O–H groups in total. The van der Waals surface area contributed by atoms with Gasteiger partial charge < -0.3 is 4.74 Å². The first-order valence-electron chi connectivity index (χ1n) is 7.61. The Hall–Kier alpha value is -2.60. The quantitative estimate of drug-likeness (QED) is 0.727. The Morgan fingerprint density at radius 1 is 1.17 bits per heavy atom. The van der Waals surface area contributed by atoms with Gasteiger partial charge in [0.1, 0.15) is 5.75 Å². The number of hydrogen-bond acceptors (Lipinski definition) is 5. The van der Waals surface area contributed by atoms with Crippen molar-refractivity contribution in [2.24, 2.45) is 0 Å². The fraction of sp³-hybridized carbons (Fsp3) is 0.167. The number of ether oxygens (including phenoxy) is 1. The van der Waals surface area contributed by atoms with Gasteiger partial charge in [-0.15, -0.1) is 5.10 Å². The molecule has 1 aliphatic heterocycles. The van der Waals surface area contributed by atoms with Crippen molar-refractivity contribution in [3.8, 4) is 17.1 Å². The largest absolute Gasteiger partial charge is 0.497 e. The highest BCUT2D eigenvalue weighted by molar-refractivity contribution is 7.99. The molecular weight excluding hydrogens is 322 g/mol. The SMILES string of the molecule is COc1cccc(-c2nc3n(n2)C(=O)CC(c2ccccc2)S3)c1. The van der Waals surface area contributed by atoms with Gasteiger partial charge in [0, 0.05) is 17.2 Å². The Bertz CT molecular complexity index is 892. The summed E-state index contributed by atoms with van der Waals surface area (Å²) >= 11 is 1.58. The van der Waals surface area contributed by atoms with Crippen LogP contribution >= 0.6 is 11.8 Å². The van der Waals surface area contributed by atoms with E-state index in [0.29, 0.717) is 17.4 Å². The molecule has 2 aromatic carbocycles. The summed E-state index contributed by atoms with van der Waals surface area (Å²) in [5, 5.41) is 5.10. The highest BCUT2D eigenvalue weighted by Crippen LogP contribution is 2.41. The Labute approximate surface area is 143 Å². The van der Waals surface area contributed by atoms with Gasteiger partial charge in [0.05, 0.1) is 7.11 Å². The summed E-state index contributed by atoms with van der Waals surface area (Å²) in [6.07, 6.45) is 0.419. The van der Waals surface area contributed by atoms with Crippen LogP contribution < -0.4 is 4.74 Å². The first kappa shape index (κ1) is 15.0. The molecule has 6 heteroatoms. The van der Waals surface area contributed by atoms with Crippen LogP contribution in [0.4, 0.5) is 0 Å². The van der Waals surface area contributed by atoms with E-state index in [1.54, 1.807) is 18.9 Å². The minimum absolute atomic E-state index is 0.0285. The summed E-state index contributed by atoms with van der Waals surface area (Å²) in [4.78, 5) is 17.0. The van der Waals surface area contributed by atoms with E-state index >= 15 is 0 Å². The van der Waals surface area contributed by atoms with Gasteiger partial charge in [-0.3, -0.25) is 4.79 Å². The van der Waals surface area contributed by atoms with Crippen molar-refractivity contribution in [2.75, 3.05) is 7.11 Å². The number of aromatic nitrogens is 3. The Kier molecular flexibility index (Phi) is 3.82. The number of benzene rings is 2. The summed E-state index contributed by atoms with van der Waals surface area (Å²) in [7, 11) is 1.62. The van der Waals surface area contributed by atoms with Crippen LogP contribution in [0.2, 0.25) is 0 Å². The molecule has 0 radical (unpaired) electrons. The molecule has 5 nitrogen and oxygen atoms in total. The van der Waals surface area contributed by atoms with Crippen LogP contribution in [0.15, 0.2) is 59.8 Å². The Morgan fingerprint density at radius 3 is 2.79 bits per heavy atom. The van der Waals surface area contributed by atoms with Crippen LogP contribution in [0.5, 0.6) is 5.75 Å². The van der Waals surface area contributed by atoms with E-state index in [1.165, 1.54) is 4.68 Å². The fourth-order valence-corrected chi connectivity index (χ4v) is 3.84. The minimum atomic E-state index is -0.0285. The lowest BCUT2D eigenvalue weighted by Crippen LogP contribution is -2.20. The molecule has 1 aliphatic rings. The highest BCUT2D eigenvalue weighted by atomic mass is 32.2. The number of fused-ring (bicyclic) bond motifs is 1. The van der Waals surface area contributed by atoms with E-state index in [9.17, 15) is 4.79 Å². The van der Waals surface area contributed by atoms with Crippen molar-refractivity contribution < 1.29 is 9.53 Å². The fourth-order valence-electron chi connectivity index (χ4n) is 2.69. The van der Waals surface area contributed by atoms with Gasteiger partial charge in [-0.05, 0) is 17.7 Å². The van der Waals surface area contributed by atoms with Crippen molar-refractivity contribution in [1.29, 1.82) is 0 Å². The number of carbonyl (C=O) groups is 1. The lowest BCUT2D eigenvalue weighted by Gasteiger charge is -2.20. The summed E-state index contributed by atoms with van der Waals surface area (Å²) in [6.45, 7) is 0. The standard InChI is InChI=1S/C18H15N3O2S/c1-23-14-9-5-8-13(10-14)17-19-18-21(20-17)16(22)11-15(24-18)12-6-3-2-4-7-12/h2-10,15H,11H2,1H3. The van der Waals surface area contributed by atoms with E-state index in [0.717, 1.165) is 16.9 Å². The molecule has 24 heavy (non-hydrogen) atoms. The van der Waals surface area contributed by atoms with Crippen molar-refractivity contribution in [3.05, 3.63) is 60.2 Å². The van der Waals surface area contributed by atoms with Crippen LogP contribution in [0, 0.1) is 0 Å². The Balaban J connectivity index is 1.68. The molecule has 3 aromatic rings. The third-order valence-corrected chi connectivity index (χ3v) is 5.12. The molecule has 0 aliphatic carbocycles. The zero-order valence-corrected chi connectivity index (χ0v) is 13.9. The number of hydrogen-bond donors (Lipinski definition) is 0. The van der Waals surface area contributed by atoms with Crippen molar-refractivity contribution in [2.45, 2.75) is 16.8 Å².